The van der Waals surface area contributed by atoms with E-state index in [4.69, 9.17) is 4.42 Å². The van der Waals surface area contributed by atoms with Crippen LogP contribution in [0.3, 0.4) is 0 Å². The van der Waals surface area contributed by atoms with Crippen LogP contribution in [-0.4, -0.2) is 29.1 Å². The van der Waals surface area contributed by atoms with Gasteiger partial charge in [-0.25, -0.2) is 0 Å². The van der Waals surface area contributed by atoms with Gasteiger partial charge < -0.3 is 14.8 Å². The standard InChI is InChI=1S/C16H27NO3S/c1-11(2)6-7-21-9-15(18)17-10-16(5,19)14-8-12(3)20-13(14)4/h8,11,19H,6-7,9-10H2,1-5H3,(H,17,18). The normalized spacial score (nSPS) is 14.2. The first-order valence-electron chi connectivity index (χ1n) is 7.36. The highest BCUT2D eigenvalue weighted by atomic mass is 32.2. The van der Waals surface area contributed by atoms with E-state index in [1.54, 1.807) is 18.7 Å². The number of nitrogens with one attached hydrogen (secondary N) is 1. The van der Waals surface area contributed by atoms with Gasteiger partial charge >= 0.3 is 0 Å². The molecule has 0 saturated heterocycles. The van der Waals surface area contributed by atoms with E-state index in [1.807, 2.05) is 19.9 Å². The van der Waals surface area contributed by atoms with E-state index in [2.05, 4.69) is 19.2 Å². The van der Waals surface area contributed by atoms with Gasteiger partial charge in [0.15, 0.2) is 0 Å². The molecule has 0 aliphatic carbocycles. The quantitative estimate of drug-likeness (QED) is 0.724. The summed E-state index contributed by atoms with van der Waals surface area (Å²) in [6.07, 6.45) is 1.11. The summed E-state index contributed by atoms with van der Waals surface area (Å²) in [4.78, 5) is 11.8. The molecule has 21 heavy (non-hydrogen) atoms. The Morgan fingerprint density at radius 1 is 1.48 bits per heavy atom. The number of aryl methyl sites for hydroxylation is 2. The lowest BCUT2D eigenvalue weighted by Crippen LogP contribution is -2.39. The van der Waals surface area contributed by atoms with Crippen LogP contribution in [0.2, 0.25) is 0 Å². The van der Waals surface area contributed by atoms with Crippen LogP contribution in [0.25, 0.3) is 0 Å². The lowest BCUT2D eigenvalue weighted by molar-refractivity contribution is -0.119. The molecule has 0 saturated carbocycles. The van der Waals surface area contributed by atoms with Gasteiger partial charge in [-0.2, -0.15) is 11.8 Å². The van der Waals surface area contributed by atoms with Crippen LogP contribution < -0.4 is 5.32 Å². The summed E-state index contributed by atoms with van der Waals surface area (Å²) >= 11 is 1.63. The van der Waals surface area contributed by atoms with Crippen molar-refractivity contribution in [2.24, 2.45) is 5.92 Å². The molecule has 0 aliphatic rings. The molecular formula is C16H27NO3S. The minimum Gasteiger partial charge on any atom is -0.466 e. The van der Waals surface area contributed by atoms with Crippen molar-refractivity contribution in [2.45, 2.75) is 46.6 Å². The van der Waals surface area contributed by atoms with Gasteiger partial charge in [0.25, 0.3) is 0 Å². The van der Waals surface area contributed by atoms with Crippen LogP contribution in [0.15, 0.2) is 10.5 Å². The molecule has 120 valence electrons. The minimum absolute atomic E-state index is 0.0399. The van der Waals surface area contributed by atoms with Gasteiger partial charge in [0.2, 0.25) is 5.91 Å². The molecule has 0 fully saturated rings. The zero-order valence-corrected chi connectivity index (χ0v) is 14.5. The predicted molar refractivity (Wildman–Crippen MR) is 87.5 cm³/mol. The van der Waals surface area contributed by atoms with Crippen LogP contribution in [0.1, 0.15) is 44.3 Å². The molecule has 1 unspecified atom stereocenters. The maximum Gasteiger partial charge on any atom is 0.230 e. The van der Waals surface area contributed by atoms with Crippen molar-refractivity contribution >= 4 is 17.7 Å². The van der Waals surface area contributed by atoms with E-state index in [1.165, 1.54) is 0 Å². The molecule has 1 heterocycles. The fourth-order valence-electron chi connectivity index (χ4n) is 2.07. The van der Waals surface area contributed by atoms with E-state index in [-0.39, 0.29) is 12.5 Å². The Labute approximate surface area is 131 Å². The Bertz CT molecular complexity index is 466. The molecule has 0 radical (unpaired) electrons. The average molecular weight is 313 g/mol. The van der Waals surface area contributed by atoms with Crippen molar-refractivity contribution < 1.29 is 14.3 Å². The summed E-state index contributed by atoms with van der Waals surface area (Å²) in [5.41, 5.74) is -0.382. The number of hydrogen-bond donors (Lipinski definition) is 2. The zero-order valence-electron chi connectivity index (χ0n) is 13.7. The molecule has 1 aromatic heterocycles. The molecule has 4 nitrogen and oxygen atoms in total. The Morgan fingerprint density at radius 2 is 2.14 bits per heavy atom. The van der Waals surface area contributed by atoms with E-state index in [0.717, 1.165) is 23.5 Å². The van der Waals surface area contributed by atoms with Crippen LogP contribution in [0.4, 0.5) is 0 Å². The maximum atomic E-state index is 11.8. The van der Waals surface area contributed by atoms with E-state index in [9.17, 15) is 9.90 Å². The Kier molecular flexibility index (Phi) is 6.81. The highest BCUT2D eigenvalue weighted by Crippen LogP contribution is 2.26. The summed E-state index contributed by atoms with van der Waals surface area (Å²) in [6.45, 7) is 9.89. The third kappa shape index (κ3) is 6.14. The van der Waals surface area contributed by atoms with Gasteiger partial charge in [0, 0.05) is 5.56 Å². The van der Waals surface area contributed by atoms with Crippen LogP contribution in [0.5, 0.6) is 0 Å². The van der Waals surface area contributed by atoms with Crippen molar-refractivity contribution in [3.8, 4) is 0 Å². The van der Waals surface area contributed by atoms with Gasteiger partial charge in [-0.05, 0) is 44.9 Å². The summed E-state index contributed by atoms with van der Waals surface area (Å²) in [5, 5.41) is 13.3. The van der Waals surface area contributed by atoms with Gasteiger partial charge in [-0.1, -0.05) is 13.8 Å². The number of aliphatic hydroxyl groups is 1. The number of carbonyl (C=O) groups excluding carboxylic acids is 1. The number of rotatable bonds is 8. The van der Waals surface area contributed by atoms with Gasteiger partial charge in [0.05, 0.1) is 12.3 Å². The molecule has 5 heteroatoms. The summed E-state index contributed by atoms with van der Waals surface area (Å²) in [5.74, 6) is 3.50. The largest absolute Gasteiger partial charge is 0.466 e. The van der Waals surface area contributed by atoms with E-state index < -0.39 is 5.60 Å². The number of furan rings is 1. The molecule has 0 aromatic carbocycles. The average Bonchev–Trinajstić information content (AvgIpc) is 2.72. The monoisotopic (exact) mass is 313 g/mol. The third-order valence-electron chi connectivity index (χ3n) is 3.32. The Morgan fingerprint density at radius 3 is 2.67 bits per heavy atom. The summed E-state index contributed by atoms with van der Waals surface area (Å²) < 4.78 is 5.43. The van der Waals surface area contributed by atoms with Crippen molar-refractivity contribution in [1.29, 1.82) is 0 Å². The second-order valence-electron chi connectivity index (χ2n) is 6.11. The Hall–Kier alpha value is -0.940. The van der Waals surface area contributed by atoms with Crippen LogP contribution in [0, 0.1) is 19.8 Å². The van der Waals surface area contributed by atoms with Crippen LogP contribution >= 0.6 is 11.8 Å². The fourth-order valence-corrected chi connectivity index (χ4v) is 3.14. The molecular weight excluding hydrogens is 286 g/mol. The summed E-state index contributed by atoms with van der Waals surface area (Å²) in [6, 6.07) is 1.82. The number of carbonyl (C=O) groups is 1. The van der Waals surface area contributed by atoms with Gasteiger partial charge in [0.1, 0.15) is 17.1 Å². The van der Waals surface area contributed by atoms with Crippen molar-refractivity contribution in [1.82, 2.24) is 5.32 Å². The molecule has 0 bridgehead atoms. The topological polar surface area (TPSA) is 62.5 Å². The van der Waals surface area contributed by atoms with Crippen molar-refractivity contribution in [3.05, 3.63) is 23.2 Å². The second-order valence-corrected chi connectivity index (χ2v) is 7.22. The lowest BCUT2D eigenvalue weighted by atomic mass is 9.96. The highest BCUT2D eigenvalue weighted by Gasteiger charge is 2.28. The molecule has 0 aliphatic heterocycles. The van der Waals surface area contributed by atoms with E-state index in [0.29, 0.717) is 17.4 Å². The third-order valence-corrected chi connectivity index (χ3v) is 4.31. The first kappa shape index (κ1) is 18.1. The highest BCUT2D eigenvalue weighted by molar-refractivity contribution is 7.99. The minimum atomic E-state index is -1.11. The first-order valence-corrected chi connectivity index (χ1v) is 8.52. The van der Waals surface area contributed by atoms with Gasteiger partial charge in [-0.15, -0.1) is 0 Å². The first-order chi connectivity index (χ1) is 9.72. The molecule has 1 atom stereocenters. The zero-order chi connectivity index (χ0) is 16.0. The maximum absolute atomic E-state index is 11.8. The summed E-state index contributed by atoms with van der Waals surface area (Å²) in [7, 11) is 0. The molecule has 2 N–H and O–H groups in total. The number of hydrogen-bond acceptors (Lipinski definition) is 4. The SMILES string of the molecule is Cc1cc(C(C)(O)CNC(=O)CSCCC(C)C)c(C)o1. The molecule has 1 amide bonds. The molecule has 0 spiro atoms. The Balaban J connectivity index is 2.39. The molecule has 1 rings (SSSR count). The second kappa shape index (κ2) is 7.90. The number of thioether (sulfide) groups is 1. The predicted octanol–water partition coefficient (Wildman–Crippen LogP) is 3.00. The number of amides is 1. The van der Waals surface area contributed by atoms with Crippen molar-refractivity contribution in [3.63, 3.8) is 0 Å². The van der Waals surface area contributed by atoms with Crippen LogP contribution in [-0.2, 0) is 10.4 Å². The smallest absolute Gasteiger partial charge is 0.230 e. The van der Waals surface area contributed by atoms with Gasteiger partial charge in [-0.3, -0.25) is 4.79 Å². The molecule has 1 aromatic rings. The van der Waals surface area contributed by atoms with Crippen molar-refractivity contribution in [2.75, 3.05) is 18.1 Å². The van der Waals surface area contributed by atoms with E-state index >= 15 is 0 Å². The lowest BCUT2D eigenvalue weighted by Gasteiger charge is -2.23. The fraction of sp³-hybridized carbons (Fsp3) is 0.688.